The lowest BCUT2D eigenvalue weighted by Gasteiger charge is -2.48. The van der Waals surface area contributed by atoms with E-state index < -0.39 is 11.2 Å². The summed E-state index contributed by atoms with van der Waals surface area (Å²) in [4.78, 5) is 26.8. The molecule has 3 rings (SSSR count). The zero-order chi connectivity index (χ0) is 20.4. The highest BCUT2D eigenvalue weighted by Crippen LogP contribution is 2.40. The quantitative estimate of drug-likeness (QED) is 0.768. The minimum absolute atomic E-state index is 0.104. The Kier molecular flexibility index (Phi) is 6.58. The normalized spacial score (nSPS) is 33.7. The molecule has 3 fully saturated rings. The van der Waals surface area contributed by atoms with Crippen LogP contribution in [0.3, 0.4) is 0 Å². The van der Waals surface area contributed by atoms with Crippen LogP contribution in [-0.2, 0) is 9.53 Å². The Hall–Kier alpha value is -1.30. The molecule has 1 heterocycles. The lowest BCUT2D eigenvalue weighted by Crippen LogP contribution is -2.55. The van der Waals surface area contributed by atoms with E-state index in [1.54, 1.807) is 0 Å². The number of nitrogens with zero attached hydrogens (tertiary/aromatic N) is 1. The van der Waals surface area contributed by atoms with Gasteiger partial charge in [0.05, 0.1) is 5.60 Å². The maximum absolute atomic E-state index is 13.0. The molecule has 2 atom stereocenters. The topological polar surface area (TPSA) is 78.9 Å². The molecular weight excluding hydrogens is 356 g/mol. The van der Waals surface area contributed by atoms with Crippen molar-refractivity contribution in [1.29, 1.82) is 0 Å². The van der Waals surface area contributed by atoms with Crippen molar-refractivity contribution in [3.8, 4) is 0 Å². The standard InChI is InChI=1S/C22H38N2O4/c1-21(2,3)28-20(26)23-14-16-7-9-17(10-8-16)19(25)24-13-12-22(27)11-5-4-6-18(22)15-24/h16-18,27H,4-15H2,1-3H3,(H,23,26)/t16?,17?,18-,22+/m1/s1. The fourth-order valence-corrected chi connectivity index (χ4v) is 5.18. The van der Waals surface area contributed by atoms with Gasteiger partial charge in [-0.2, -0.15) is 0 Å². The minimum atomic E-state index is -0.528. The number of piperidine rings is 1. The van der Waals surface area contributed by atoms with Gasteiger partial charge in [0.1, 0.15) is 5.60 Å². The number of fused-ring (bicyclic) bond motifs is 1. The van der Waals surface area contributed by atoms with Gasteiger partial charge in [0.2, 0.25) is 5.91 Å². The molecule has 0 bridgehead atoms. The van der Waals surface area contributed by atoms with Gasteiger partial charge < -0.3 is 20.1 Å². The second-order valence-corrected chi connectivity index (χ2v) is 10.2. The molecule has 1 saturated heterocycles. The van der Waals surface area contributed by atoms with Crippen LogP contribution in [0.2, 0.25) is 0 Å². The van der Waals surface area contributed by atoms with Gasteiger partial charge in [0.25, 0.3) is 0 Å². The third kappa shape index (κ3) is 5.40. The maximum atomic E-state index is 13.0. The van der Waals surface area contributed by atoms with Crippen molar-refractivity contribution in [3.63, 3.8) is 0 Å². The molecule has 0 aromatic heterocycles. The van der Waals surface area contributed by atoms with E-state index in [4.69, 9.17) is 4.74 Å². The Bertz CT molecular complexity index is 565. The lowest BCUT2D eigenvalue weighted by atomic mass is 9.71. The van der Waals surface area contributed by atoms with Crippen molar-refractivity contribution in [2.45, 2.75) is 89.8 Å². The highest BCUT2D eigenvalue weighted by Gasteiger charge is 2.44. The van der Waals surface area contributed by atoms with E-state index in [9.17, 15) is 14.7 Å². The van der Waals surface area contributed by atoms with Gasteiger partial charge in [-0.1, -0.05) is 12.8 Å². The predicted octanol–water partition coefficient (Wildman–Crippen LogP) is 3.47. The Morgan fingerprint density at radius 3 is 2.50 bits per heavy atom. The van der Waals surface area contributed by atoms with Crippen LogP contribution in [0.1, 0.15) is 78.6 Å². The summed E-state index contributed by atoms with van der Waals surface area (Å²) in [5, 5.41) is 13.7. The number of alkyl carbamates (subject to hydrolysis) is 1. The zero-order valence-electron chi connectivity index (χ0n) is 17.8. The van der Waals surface area contributed by atoms with Gasteiger partial charge >= 0.3 is 6.09 Å². The molecule has 0 spiro atoms. The average Bonchev–Trinajstić information content (AvgIpc) is 2.64. The van der Waals surface area contributed by atoms with Crippen molar-refractivity contribution < 1.29 is 19.4 Å². The summed E-state index contributed by atoms with van der Waals surface area (Å²) in [5.41, 5.74) is -1.01. The number of hydrogen-bond acceptors (Lipinski definition) is 4. The first-order chi connectivity index (χ1) is 13.2. The third-order valence-corrected chi connectivity index (χ3v) is 6.87. The van der Waals surface area contributed by atoms with E-state index in [1.807, 2.05) is 25.7 Å². The molecule has 2 aliphatic carbocycles. The molecule has 0 unspecified atom stereocenters. The van der Waals surface area contributed by atoms with Gasteiger partial charge in [-0.3, -0.25) is 4.79 Å². The molecule has 3 aliphatic rings. The van der Waals surface area contributed by atoms with Crippen molar-refractivity contribution >= 4 is 12.0 Å². The van der Waals surface area contributed by atoms with Crippen molar-refractivity contribution in [2.24, 2.45) is 17.8 Å². The molecule has 0 radical (unpaired) electrons. The van der Waals surface area contributed by atoms with Crippen molar-refractivity contribution in [3.05, 3.63) is 0 Å². The first-order valence-corrected chi connectivity index (χ1v) is 11.1. The van der Waals surface area contributed by atoms with Crippen LogP contribution in [0.4, 0.5) is 4.79 Å². The molecule has 160 valence electrons. The van der Waals surface area contributed by atoms with Crippen molar-refractivity contribution in [2.75, 3.05) is 19.6 Å². The minimum Gasteiger partial charge on any atom is -0.444 e. The predicted molar refractivity (Wildman–Crippen MR) is 108 cm³/mol. The number of carbonyl (C=O) groups is 2. The van der Waals surface area contributed by atoms with E-state index in [0.717, 1.165) is 57.9 Å². The van der Waals surface area contributed by atoms with E-state index in [2.05, 4.69) is 5.32 Å². The second kappa shape index (κ2) is 8.60. The monoisotopic (exact) mass is 394 g/mol. The largest absolute Gasteiger partial charge is 0.444 e. The first kappa shape index (κ1) is 21.4. The van der Waals surface area contributed by atoms with E-state index >= 15 is 0 Å². The fourth-order valence-electron chi connectivity index (χ4n) is 5.18. The van der Waals surface area contributed by atoms with Gasteiger partial charge in [0.15, 0.2) is 0 Å². The summed E-state index contributed by atoms with van der Waals surface area (Å²) >= 11 is 0. The van der Waals surface area contributed by atoms with E-state index in [-0.39, 0.29) is 23.8 Å². The molecule has 2 saturated carbocycles. The molecular formula is C22H38N2O4. The van der Waals surface area contributed by atoms with Crippen LogP contribution in [0.25, 0.3) is 0 Å². The molecule has 0 aromatic carbocycles. The van der Waals surface area contributed by atoms with Gasteiger partial charge in [-0.25, -0.2) is 4.79 Å². The maximum Gasteiger partial charge on any atom is 0.407 e. The molecule has 1 aliphatic heterocycles. The second-order valence-electron chi connectivity index (χ2n) is 10.2. The van der Waals surface area contributed by atoms with Crippen LogP contribution in [-0.4, -0.2) is 52.8 Å². The first-order valence-electron chi connectivity index (χ1n) is 11.1. The summed E-state index contributed by atoms with van der Waals surface area (Å²) in [6, 6.07) is 0. The third-order valence-electron chi connectivity index (χ3n) is 6.87. The smallest absolute Gasteiger partial charge is 0.407 e. The number of nitrogens with one attached hydrogen (secondary N) is 1. The van der Waals surface area contributed by atoms with Gasteiger partial charge in [-0.15, -0.1) is 0 Å². The Labute approximate surface area is 169 Å². The van der Waals surface area contributed by atoms with Crippen LogP contribution < -0.4 is 5.32 Å². The molecule has 0 aromatic rings. The summed E-state index contributed by atoms with van der Waals surface area (Å²) in [6.07, 6.45) is 8.32. The highest BCUT2D eigenvalue weighted by molar-refractivity contribution is 5.79. The molecule has 28 heavy (non-hydrogen) atoms. The van der Waals surface area contributed by atoms with Crippen molar-refractivity contribution in [1.82, 2.24) is 10.2 Å². The number of amides is 2. The number of rotatable bonds is 3. The number of aliphatic hydroxyl groups is 1. The fraction of sp³-hybridized carbons (Fsp3) is 0.909. The van der Waals surface area contributed by atoms with Crippen LogP contribution in [0, 0.1) is 17.8 Å². The molecule has 6 heteroatoms. The summed E-state index contributed by atoms with van der Waals surface area (Å²) in [6.45, 7) is 7.63. The lowest BCUT2D eigenvalue weighted by molar-refractivity contribution is -0.148. The zero-order valence-corrected chi connectivity index (χ0v) is 17.8. The SMILES string of the molecule is CC(C)(C)OC(=O)NCC1CCC(C(=O)N2CC[C@@]3(O)CCCC[C@@H]3C2)CC1. The summed E-state index contributed by atoms with van der Waals surface area (Å²) in [7, 11) is 0. The van der Waals surface area contributed by atoms with Gasteiger partial charge in [-0.05, 0) is 71.6 Å². The van der Waals surface area contributed by atoms with Crippen LogP contribution >= 0.6 is 0 Å². The Morgan fingerprint density at radius 1 is 1.11 bits per heavy atom. The molecule has 2 amide bonds. The molecule has 2 N–H and O–H groups in total. The number of hydrogen-bond donors (Lipinski definition) is 2. The average molecular weight is 395 g/mol. The van der Waals surface area contributed by atoms with Gasteiger partial charge in [0, 0.05) is 31.5 Å². The number of ether oxygens (including phenoxy) is 1. The summed E-state index contributed by atoms with van der Waals surface area (Å²) < 4.78 is 5.29. The van der Waals surface area contributed by atoms with Crippen LogP contribution in [0.5, 0.6) is 0 Å². The Morgan fingerprint density at radius 2 is 1.82 bits per heavy atom. The van der Waals surface area contributed by atoms with Crippen LogP contribution in [0.15, 0.2) is 0 Å². The Balaban J connectivity index is 1.41. The summed E-state index contributed by atoms with van der Waals surface area (Å²) in [5.74, 6) is 1.06. The highest BCUT2D eigenvalue weighted by atomic mass is 16.6. The van der Waals surface area contributed by atoms with E-state index in [0.29, 0.717) is 19.0 Å². The number of likely N-dealkylation sites (tertiary alicyclic amines) is 1. The number of carbonyl (C=O) groups excluding carboxylic acids is 2. The van der Waals surface area contributed by atoms with E-state index in [1.165, 1.54) is 6.42 Å². The molecule has 6 nitrogen and oxygen atoms in total.